The fourth-order valence-corrected chi connectivity index (χ4v) is 3.50. The monoisotopic (exact) mass is 238 g/mol. The van der Waals surface area contributed by atoms with E-state index in [4.69, 9.17) is 5.11 Å². The maximum atomic E-state index is 11.9. The fourth-order valence-electron chi connectivity index (χ4n) is 3.50. The highest BCUT2D eigenvalue weighted by molar-refractivity contribution is 5.92. The molecule has 0 unspecified atom stereocenters. The number of Topliss-reactive ketones (excluding diaryl/α,β-unsaturated/α-hetero) is 2. The average Bonchev–Trinajstić information content (AvgIpc) is 2.55. The van der Waals surface area contributed by atoms with Crippen molar-refractivity contribution >= 4 is 17.5 Å². The van der Waals surface area contributed by atoms with Crippen molar-refractivity contribution in [2.75, 3.05) is 0 Å². The summed E-state index contributed by atoms with van der Waals surface area (Å²) in [6.45, 7) is 1.95. The Labute approximate surface area is 100 Å². The zero-order valence-corrected chi connectivity index (χ0v) is 10.1. The van der Waals surface area contributed by atoms with E-state index in [-0.39, 0.29) is 35.2 Å². The highest BCUT2D eigenvalue weighted by atomic mass is 16.4. The highest BCUT2D eigenvalue weighted by Gasteiger charge is 2.53. The molecule has 0 spiro atoms. The van der Waals surface area contributed by atoms with Crippen LogP contribution in [0.1, 0.15) is 45.4 Å². The Balaban J connectivity index is 2.15. The van der Waals surface area contributed by atoms with Crippen LogP contribution in [0.4, 0.5) is 0 Å². The predicted molar refractivity (Wildman–Crippen MR) is 60.4 cm³/mol. The number of aliphatic carboxylic acids is 1. The number of carboxylic acid groups (broad SMARTS) is 1. The highest BCUT2D eigenvalue weighted by Crippen LogP contribution is 2.52. The largest absolute Gasteiger partial charge is 0.481 e. The van der Waals surface area contributed by atoms with E-state index in [9.17, 15) is 14.4 Å². The van der Waals surface area contributed by atoms with Crippen LogP contribution in [0.5, 0.6) is 0 Å². The topological polar surface area (TPSA) is 71.4 Å². The molecule has 2 aliphatic carbocycles. The van der Waals surface area contributed by atoms with Gasteiger partial charge in [0.1, 0.15) is 11.6 Å². The molecule has 2 rings (SSSR count). The van der Waals surface area contributed by atoms with E-state index in [0.29, 0.717) is 25.7 Å². The molecule has 2 saturated carbocycles. The Morgan fingerprint density at radius 2 is 2.12 bits per heavy atom. The quantitative estimate of drug-likeness (QED) is 0.814. The predicted octanol–water partition coefficient (Wildman–Crippen LogP) is 1.82. The standard InChI is InChI=1S/C13H18O4/c1-13-7-6-10(14)8(2-5-12(16)17)9(13)3-4-11(13)15/h8-9H,2-7H2,1H3,(H,16,17)/t8-,9-,13+/m1/s1. The first-order valence-electron chi connectivity index (χ1n) is 6.23. The summed E-state index contributed by atoms with van der Waals surface area (Å²) in [6.07, 6.45) is 2.81. The Bertz CT molecular complexity index is 374. The molecular weight excluding hydrogens is 220 g/mol. The number of hydrogen-bond donors (Lipinski definition) is 1. The van der Waals surface area contributed by atoms with Crippen molar-refractivity contribution in [3.63, 3.8) is 0 Å². The SMILES string of the molecule is C[C@]12CCC(=O)[C@H](CCC(=O)O)[C@H]1CCC2=O. The van der Waals surface area contributed by atoms with Crippen LogP contribution in [0.25, 0.3) is 0 Å². The van der Waals surface area contributed by atoms with Gasteiger partial charge in [-0.05, 0) is 25.2 Å². The van der Waals surface area contributed by atoms with E-state index in [0.717, 1.165) is 6.42 Å². The minimum atomic E-state index is -0.866. The molecule has 0 radical (unpaired) electrons. The summed E-state index contributed by atoms with van der Waals surface area (Å²) in [5, 5.41) is 8.71. The van der Waals surface area contributed by atoms with Crippen LogP contribution >= 0.6 is 0 Å². The third kappa shape index (κ3) is 2.01. The van der Waals surface area contributed by atoms with Gasteiger partial charge in [-0.1, -0.05) is 6.92 Å². The van der Waals surface area contributed by atoms with Crippen molar-refractivity contribution in [3.8, 4) is 0 Å². The molecule has 0 aliphatic heterocycles. The van der Waals surface area contributed by atoms with Gasteiger partial charge in [0.05, 0.1) is 0 Å². The van der Waals surface area contributed by atoms with Crippen molar-refractivity contribution in [3.05, 3.63) is 0 Å². The van der Waals surface area contributed by atoms with Gasteiger partial charge in [0.25, 0.3) is 0 Å². The summed E-state index contributed by atoms with van der Waals surface area (Å²) in [4.78, 5) is 34.4. The van der Waals surface area contributed by atoms with Crippen LogP contribution in [0, 0.1) is 17.3 Å². The molecule has 0 heterocycles. The van der Waals surface area contributed by atoms with Crippen LogP contribution in [-0.2, 0) is 14.4 Å². The summed E-state index contributed by atoms with van der Waals surface area (Å²) in [5.74, 6) is -0.583. The number of hydrogen-bond acceptors (Lipinski definition) is 3. The summed E-state index contributed by atoms with van der Waals surface area (Å²) in [7, 11) is 0. The number of carbonyl (C=O) groups is 3. The van der Waals surface area contributed by atoms with Gasteiger partial charge in [-0.25, -0.2) is 0 Å². The lowest BCUT2D eigenvalue weighted by atomic mass is 9.62. The third-order valence-corrected chi connectivity index (χ3v) is 4.60. The molecule has 0 bridgehead atoms. The third-order valence-electron chi connectivity index (χ3n) is 4.60. The van der Waals surface area contributed by atoms with Gasteiger partial charge in [0.2, 0.25) is 0 Å². The van der Waals surface area contributed by atoms with Gasteiger partial charge in [0, 0.05) is 30.6 Å². The summed E-state index contributed by atoms with van der Waals surface area (Å²) in [6, 6.07) is 0. The molecule has 0 aromatic heterocycles. The average molecular weight is 238 g/mol. The van der Waals surface area contributed by atoms with Gasteiger partial charge in [-0.15, -0.1) is 0 Å². The smallest absolute Gasteiger partial charge is 0.303 e. The Kier molecular flexibility index (Phi) is 3.06. The van der Waals surface area contributed by atoms with Crippen molar-refractivity contribution < 1.29 is 19.5 Å². The van der Waals surface area contributed by atoms with Gasteiger partial charge >= 0.3 is 5.97 Å². The molecule has 0 aromatic carbocycles. The number of fused-ring (bicyclic) bond motifs is 1. The molecule has 0 amide bonds. The van der Waals surface area contributed by atoms with Crippen molar-refractivity contribution in [2.24, 2.45) is 17.3 Å². The molecule has 1 N–H and O–H groups in total. The second kappa shape index (κ2) is 4.24. The second-order valence-electron chi connectivity index (χ2n) is 5.49. The maximum absolute atomic E-state index is 11.9. The molecule has 0 saturated heterocycles. The zero-order valence-electron chi connectivity index (χ0n) is 10.1. The van der Waals surface area contributed by atoms with Gasteiger partial charge < -0.3 is 5.11 Å². The van der Waals surface area contributed by atoms with Crippen LogP contribution in [0.15, 0.2) is 0 Å². The van der Waals surface area contributed by atoms with Crippen molar-refractivity contribution in [1.29, 1.82) is 0 Å². The number of rotatable bonds is 3. The lowest BCUT2D eigenvalue weighted by molar-refractivity contribution is -0.139. The van der Waals surface area contributed by atoms with E-state index in [1.165, 1.54) is 0 Å². The Hall–Kier alpha value is -1.19. The molecule has 17 heavy (non-hydrogen) atoms. The first-order valence-corrected chi connectivity index (χ1v) is 6.23. The van der Waals surface area contributed by atoms with E-state index in [1.807, 2.05) is 6.92 Å². The van der Waals surface area contributed by atoms with Crippen molar-refractivity contribution in [1.82, 2.24) is 0 Å². The van der Waals surface area contributed by atoms with E-state index < -0.39 is 5.97 Å². The molecule has 0 aromatic rings. The minimum absolute atomic E-state index is 0.0250. The second-order valence-corrected chi connectivity index (χ2v) is 5.49. The Morgan fingerprint density at radius 3 is 2.76 bits per heavy atom. The van der Waals surface area contributed by atoms with E-state index >= 15 is 0 Å². The molecular formula is C13H18O4. The van der Waals surface area contributed by atoms with Crippen LogP contribution in [-0.4, -0.2) is 22.6 Å². The normalized spacial score (nSPS) is 37.0. The number of carboxylic acids is 1. The molecule has 2 aliphatic rings. The Morgan fingerprint density at radius 1 is 1.41 bits per heavy atom. The van der Waals surface area contributed by atoms with E-state index in [2.05, 4.69) is 0 Å². The molecule has 4 nitrogen and oxygen atoms in total. The fraction of sp³-hybridized carbons (Fsp3) is 0.769. The minimum Gasteiger partial charge on any atom is -0.481 e. The molecule has 3 atom stereocenters. The first-order chi connectivity index (χ1) is 7.95. The zero-order chi connectivity index (χ0) is 12.6. The number of carbonyl (C=O) groups excluding carboxylic acids is 2. The van der Waals surface area contributed by atoms with Gasteiger partial charge in [0.15, 0.2) is 0 Å². The molecule has 94 valence electrons. The summed E-state index contributed by atoms with van der Waals surface area (Å²) < 4.78 is 0. The molecule has 4 heteroatoms. The van der Waals surface area contributed by atoms with Crippen LogP contribution in [0.2, 0.25) is 0 Å². The molecule has 2 fully saturated rings. The number of ketones is 2. The summed E-state index contributed by atoms with van der Waals surface area (Å²) >= 11 is 0. The van der Waals surface area contributed by atoms with E-state index in [1.54, 1.807) is 0 Å². The lowest BCUT2D eigenvalue weighted by Gasteiger charge is -2.39. The lowest BCUT2D eigenvalue weighted by Crippen LogP contribution is -2.42. The summed E-state index contributed by atoms with van der Waals surface area (Å²) in [5.41, 5.74) is -0.364. The van der Waals surface area contributed by atoms with Crippen molar-refractivity contribution in [2.45, 2.75) is 45.4 Å². The van der Waals surface area contributed by atoms with Crippen LogP contribution < -0.4 is 0 Å². The van der Waals surface area contributed by atoms with Gasteiger partial charge in [-0.2, -0.15) is 0 Å². The maximum Gasteiger partial charge on any atom is 0.303 e. The van der Waals surface area contributed by atoms with Gasteiger partial charge in [-0.3, -0.25) is 14.4 Å². The first kappa shape index (κ1) is 12.3. The van der Waals surface area contributed by atoms with Crippen LogP contribution in [0.3, 0.4) is 0 Å².